The maximum atomic E-state index is 12.8. The molecule has 31 heavy (non-hydrogen) atoms. The molecule has 10 nitrogen and oxygen atoms in total. The second-order valence-electron chi connectivity index (χ2n) is 6.70. The molecule has 0 aliphatic carbocycles. The lowest BCUT2D eigenvalue weighted by Gasteiger charge is -2.40. The number of rotatable bonds is 5. The van der Waals surface area contributed by atoms with E-state index in [9.17, 15) is 36.7 Å². The third-order valence-corrected chi connectivity index (χ3v) is 6.32. The van der Waals surface area contributed by atoms with E-state index in [2.05, 4.69) is 5.32 Å². The van der Waals surface area contributed by atoms with E-state index in [-0.39, 0.29) is 19.6 Å². The number of ketones is 1. The predicted molar refractivity (Wildman–Crippen MR) is 104 cm³/mol. The summed E-state index contributed by atoms with van der Waals surface area (Å²) in [6, 6.07) is 5.95. The zero-order valence-electron chi connectivity index (χ0n) is 15.7. The average Bonchev–Trinajstić information content (AvgIpc) is 3.06. The first-order chi connectivity index (χ1) is 14.4. The highest BCUT2D eigenvalue weighted by atomic mass is 32.3. The smallest absolute Gasteiger partial charge is 0.456 e. The van der Waals surface area contributed by atoms with Gasteiger partial charge in [0.1, 0.15) is 11.0 Å². The topological polar surface area (TPSA) is 140 Å². The van der Waals surface area contributed by atoms with Crippen molar-refractivity contribution in [3.05, 3.63) is 35.4 Å². The first-order valence-electron chi connectivity index (χ1n) is 8.79. The number of hydrogen-bond donors (Lipinski definition) is 4. The SMILES string of the molecule is O=C(O)NC[C@H]1CN(c2ccc(N3C=C(C(=O)C(F)(F)F)S(O)(O)CC3)cc2)C(=O)O1. The number of carbonyl (C=O) groups excluding carboxylic acids is 2. The Bertz CT molecular complexity index is 921. The highest BCUT2D eigenvalue weighted by Gasteiger charge is 2.46. The maximum absolute atomic E-state index is 12.8. The van der Waals surface area contributed by atoms with Gasteiger partial charge in [-0.3, -0.25) is 18.8 Å². The van der Waals surface area contributed by atoms with Gasteiger partial charge in [0.2, 0.25) is 0 Å². The Morgan fingerprint density at radius 1 is 1.19 bits per heavy atom. The molecular formula is C17H18F3N3O7S. The second kappa shape index (κ2) is 8.28. The molecule has 3 rings (SSSR count). The summed E-state index contributed by atoms with van der Waals surface area (Å²) in [5, 5.41) is 10.7. The monoisotopic (exact) mass is 465 g/mol. The zero-order chi connectivity index (χ0) is 23.0. The third-order valence-electron chi connectivity index (χ3n) is 4.57. The van der Waals surface area contributed by atoms with Gasteiger partial charge in [-0.15, -0.1) is 0 Å². The van der Waals surface area contributed by atoms with E-state index in [4.69, 9.17) is 9.84 Å². The van der Waals surface area contributed by atoms with Gasteiger partial charge in [0.05, 0.1) is 18.8 Å². The van der Waals surface area contributed by atoms with Crippen molar-refractivity contribution in [1.82, 2.24) is 5.32 Å². The van der Waals surface area contributed by atoms with Crippen molar-refractivity contribution >= 4 is 39.9 Å². The van der Waals surface area contributed by atoms with Crippen LogP contribution >= 0.6 is 10.6 Å². The summed E-state index contributed by atoms with van der Waals surface area (Å²) in [5.41, 5.74) is 0.770. The second-order valence-corrected chi connectivity index (χ2v) is 8.88. The molecular weight excluding hydrogens is 447 g/mol. The standard InChI is InChI=1S/C17H18F3N3O7S/c18-17(19,20)14(24)13-9-22(5-6-31(13,28)29)10-1-3-11(4-2-10)23-8-12(30-16(23)27)7-21-15(25)26/h1-4,9,12,21,28-29H,5-8H2,(H,25,26)/t12-/m0/s1. The van der Waals surface area contributed by atoms with Crippen molar-refractivity contribution in [2.45, 2.75) is 12.3 Å². The number of anilines is 2. The molecule has 2 amide bonds. The molecule has 1 fully saturated rings. The van der Waals surface area contributed by atoms with E-state index in [0.29, 0.717) is 11.4 Å². The lowest BCUT2D eigenvalue weighted by atomic mass is 10.2. The number of halogens is 3. The number of carbonyl (C=O) groups is 3. The zero-order valence-corrected chi connectivity index (χ0v) is 16.5. The minimum Gasteiger partial charge on any atom is -0.465 e. The number of alkyl halides is 3. The van der Waals surface area contributed by atoms with Gasteiger partial charge in [-0.05, 0) is 24.3 Å². The number of amides is 2. The Morgan fingerprint density at radius 3 is 2.39 bits per heavy atom. The van der Waals surface area contributed by atoms with Gasteiger partial charge in [0, 0.05) is 24.1 Å². The number of nitrogens with one attached hydrogen (secondary N) is 1. The van der Waals surface area contributed by atoms with Crippen LogP contribution in [0.4, 0.5) is 34.1 Å². The number of Topliss-reactive ketones (excluding diaryl/α,β-unsaturated/α-hetero) is 1. The van der Waals surface area contributed by atoms with Crippen molar-refractivity contribution in [2.75, 3.05) is 35.2 Å². The fourth-order valence-corrected chi connectivity index (χ4v) is 4.42. The van der Waals surface area contributed by atoms with E-state index in [1.165, 1.54) is 34.1 Å². The van der Waals surface area contributed by atoms with Crippen LogP contribution in [0.3, 0.4) is 0 Å². The fourth-order valence-electron chi connectivity index (χ4n) is 3.04. The van der Waals surface area contributed by atoms with Crippen LogP contribution in [0.1, 0.15) is 0 Å². The molecule has 2 heterocycles. The quantitative estimate of drug-likeness (QED) is 0.521. The molecule has 1 aromatic carbocycles. The molecule has 1 aromatic rings. The van der Waals surface area contributed by atoms with Gasteiger partial charge >= 0.3 is 18.4 Å². The van der Waals surface area contributed by atoms with Crippen molar-refractivity contribution < 1.29 is 46.5 Å². The summed E-state index contributed by atoms with van der Waals surface area (Å²) in [4.78, 5) is 35.6. The highest BCUT2D eigenvalue weighted by Crippen LogP contribution is 2.52. The van der Waals surface area contributed by atoms with E-state index < -0.39 is 51.5 Å². The summed E-state index contributed by atoms with van der Waals surface area (Å²) in [6.07, 6.45) is -7.09. The van der Waals surface area contributed by atoms with E-state index in [1.54, 1.807) is 0 Å². The molecule has 0 saturated carbocycles. The van der Waals surface area contributed by atoms with E-state index >= 15 is 0 Å². The number of nitrogens with zero attached hydrogens (tertiary/aromatic N) is 2. The van der Waals surface area contributed by atoms with Crippen molar-refractivity contribution in [3.63, 3.8) is 0 Å². The number of allylic oxidation sites excluding steroid dienone is 1. The molecule has 4 N–H and O–H groups in total. The van der Waals surface area contributed by atoms with Crippen molar-refractivity contribution in [2.24, 2.45) is 0 Å². The van der Waals surface area contributed by atoms with Gasteiger partial charge in [-0.2, -0.15) is 23.8 Å². The van der Waals surface area contributed by atoms with Crippen LogP contribution in [0.5, 0.6) is 0 Å². The summed E-state index contributed by atoms with van der Waals surface area (Å²) in [5.74, 6) is -2.76. The molecule has 1 saturated heterocycles. The minimum absolute atomic E-state index is 0.0367. The van der Waals surface area contributed by atoms with Crippen LogP contribution in [0.25, 0.3) is 0 Å². The number of benzene rings is 1. The summed E-state index contributed by atoms with van der Waals surface area (Å²) >= 11 is 0. The van der Waals surface area contributed by atoms with Crippen LogP contribution in [-0.4, -0.2) is 69.8 Å². The lowest BCUT2D eigenvalue weighted by Crippen LogP contribution is -2.36. The molecule has 0 unspecified atom stereocenters. The first kappa shape index (κ1) is 22.7. The predicted octanol–water partition coefficient (Wildman–Crippen LogP) is 2.82. The molecule has 170 valence electrons. The highest BCUT2D eigenvalue weighted by molar-refractivity contribution is 8.28. The Kier molecular flexibility index (Phi) is 6.07. The lowest BCUT2D eigenvalue weighted by molar-refractivity contribution is -0.165. The van der Waals surface area contributed by atoms with Crippen LogP contribution < -0.4 is 15.1 Å². The van der Waals surface area contributed by atoms with E-state index in [1.807, 2.05) is 0 Å². The molecule has 14 heteroatoms. The minimum atomic E-state index is -5.25. The van der Waals surface area contributed by atoms with Crippen molar-refractivity contribution in [3.8, 4) is 0 Å². The number of carboxylic acid groups (broad SMARTS) is 1. The van der Waals surface area contributed by atoms with Crippen LogP contribution in [-0.2, 0) is 9.53 Å². The van der Waals surface area contributed by atoms with Crippen LogP contribution in [0.15, 0.2) is 35.4 Å². The number of cyclic esters (lactones) is 1. The Labute approximate surface area is 175 Å². The van der Waals surface area contributed by atoms with Gasteiger partial charge in [-0.25, -0.2) is 9.59 Å². The van der Waals surface area contributed by atoms with E-state index in [0.717, 1.165) is 6.20 Å². The Hall–Kier alpha value is -2.97. The van der Waals surface area contributed by atoms with Gasteiger partial charge < -0.3 is 20.1 Å². The first-order valence-corrected chi connectivity index (χ1v) is 10.5. The molecule has 0 radical (unpaired) electrons. The summed E-state index contributed by atoms with van der Waals surface area (Å²) < 4.78 is 63.2. The number of ether oxygens (including phenoxy) is 1. The molecule has 0 aromatic heterocycles. The molecule has 0 bridgehead atoms. The Balaban J connectivity index is 1.76. The van der Waals surface area contributed by atoms with Crippen LogP contribution in [0, 0.1) is 0 Å². The fraction of sp³-hybridized carbons (Fsp3) is 0.353. The van der Waals surface area contributed by atoms with Crippen molar-refractivity contribution in [1.29, 1.82) is 0 Å². The van der Waals surface area contributed by atoms with Gasteiger partial charge in [0.15, 0.2) is 0 Å². The normalized spacial score (nSPS) is 21.9. The number of hydrogen-bond acceptors (Lipinski definition) is 7. The maximum Gasteiger partial charge on any atom is 0.456 e. The average molecular weight is 465 g/mol. The molecule has 1 atom stereocenters. The molecule has 2 aliphatic rings. The van der Waals surface area contributed by atoms with Crippen LogP contribution in [0.2, 0.25) is 0 Å². The Morgan fingerprint density at radius 2 is 1.81 bits per heavy atom. The molecule has 2 aliphatic heterocycles. The summed E-state index contributed by atoms with van der Waals surface area (Å²) in [6.45, 7) is -0.0329. The third kappa shape index (κ3) is 5.03. The van der Waals surface area contributed by atoms with Gasteiger partial charge in [-0.1, -0.05) is 0 Å². The van der Waals surface area contributed by atoms with Gasteiger partial charge in [0.25, 0.3) is 5.78 Å². The summed E-state index contributed by atoms with van der Waals surface area (Å²) in [7, 11) is -3.86. The largest absolute Gasteiger partial charge is 0.465 e. The molecule has 0 spiro atoms.